The van der Waals surface area contributed by atoms with Gasteiger partial charge in [-0.15, -0.1) is 5.10 Å². The van der Waals surface area contributed by atoms with Gasteiger partial charge in [-0.2, -0.15) is 5.10 Å². The second-order valence-electron chi connectivity index (χ2n) is 6.57. The number of rotatable bonds is 4. The van der Waals surface area contributed by atoms with Crippen molar-refractivity contribution in [3.63, 3.8) is 0 Å². The van der Waals surface area contributed by atoms with Crippen LogP contribution in [0, 0.1) is 13.8 Å². The maximum atomic E-state index is 13.2. The highest BCUT2D eigenvalue weighted by atomic mass is 16.2. The lowest BCUT2D eigenvalue weighted by Crippen LogP contribution is -2.34. The fourth-order valence-corrected chi connectivity index (χ4v) is 3.10. The number of para-hydroxylation sites is 1. The highest BCUT2D eigenvalue weighted by Crippen LogP contribution is 2.19. The molecule has 0 spiro atoms. The van der Waals surface area contributed by atoms with Crippen LogP contribution in [0.2, 0.25) is 0 Å². The van der Waals surface area contributed by atoms with Gasteiger partial charge in [0.05, 0.1) is 16.6 Å². The molecule has 8 nitrogen and oxygen atoms in total. The molecular formula is C21H18N6O2. The van der Waals surface area contributed by atoms with Crippen LogP contribution in [0.3, 0.4) is 0 Å². The van der Waals surface area contributed by atoms with Gasteiger partial charge in [0.2, 0.25) is 5.95 Å². The highest BCUT2D eigenvalue weighted by Gasteiger charge is 2.15. The third-order valence-electron chi connectivity index (χ3n) is 4.46. The van der Waals surface area contributed by atoms with E-state index in [1.54, 1.807) is 30.3 Å². The first kappa shape index (κ1) is 18.3. The predicted octanol–water partition coefficient (Wildman–Crippen LogP) is 2.55. The van der Waals surface area contributed by atoms with Gasteiger partial charge in [-0.25, -0.2) is 9.55 Å². The van der Waals surface area contributed by atoms with Crippen LogP contribution in [0.1, 0.15) is 21.6 Å². The van der Waals surface area contributed by atoms with Crippen LogP contribution < -0.4 is 16.4 Å². The number of nitrogens with one attached hydrogen (secondary N) is 2. The Balaban J connectivity index is 1.81. The van der Waals surface area contributed by atoms with E-state index in [0.717, 1.165) is 11.1 Å². The molecule has 0 aliphatic rings. The number of aromatic nitrogens is 4. The Bertz CT molecular complexity index is 1270. The smallest absolute Gasteiger partial charge is 0.268 e. The minimum absolute atomic E-state index is 0.140. The number of hydrazine groups is 1. The Hall–Kier alpha value is -4.07. The molecule has 2 aromatic heterocycles. The number of benzene rings is 2. The van der Waals surface area contributed by atoms with Crippen LogP contribution in [0.15, 0.2) is 65.6 Å². The van der Waals surface area contributed by atoms with Gasteiger partial charge < -0.3 is 0 Å². The maximum absolute atomic E-state index is 13.2. The Morgan fingerprint density at radius 3 is 2.62 bits per heavy atom. The van der Waals surface area contributed by atoms with Crippen LogP contribution in [0.4, 0.5) is 5.95 Å². The van der Waals surface area contributed by atoms with Crippen molar-refractivity contribution in [1.29, 1.82) is 0 Å². The van der Waals surface area contributed by atoms with E-state index in [1.165, 1.54) is 16.8 Å². The summed E-state index contributed by atoms with van der Waals surface area (Å²) < 4.78 is 1.45. The van der Waals surface area contributed by atoms with Crippen molar-refractivity contribution in [2.45, 2.75) is 13.8 Å². The number of hydrogen-bond donors (Lipinski definition) is 2. The van der Waals surface area contributed by atoms with E-state index >= 15 is 0 Å². The van der Waals surface area contributed by atoms with E-state index in [-0.39, 0.29) is 17.2 Å². The summed E-state index contributed by atoms with van der Waals surface area (Å²) in [5.74, 6) is -0.300. The van der Waals surface area contributed by atoms with Gasteiger partial charge in [0.15, 0.2) is 5.69 Å². The van der Waals surface area contributed by atoms with Crippen molar-refractivity contribution in [1.82, 2.24) is 25.2 Å². The summed E-state index contributed by atoms with van der Waals surface area (Å²) in [6.07, 6.45) is 1.48. The normalized spacial score (nSPS) is 10.7. The highest BCUT2D eigenvalue weighted by molar-refractivity contribution is 5.92. The van der Waals surface area contributed by atoms with Crippen LogP contribution in [0.25, 0.3) is 16.6 Å². The zero-order chi connectivity index (χ0) is 20.4. The SMILES string of the molecule is Cc1ccc(-n2c(NNC(=O)c3cccnn3)nc3ccccc3c2=O)c(C)c1. The quantitative estimate of drug-likeness (QED) is 0.523. The molecule has 0 bridgehead atoms. The van der Waals surface area contributed by atoms with Gasteiger partial charge in [0.25, 0.3) is 11.5 Å². The first-order valence-corrected chi connectivity index (χ1v) is 8.98. The third kappa shape index (κ3) is 3.55. The summed E-state index contributed by atoms with van der Waals surface area (Å²) in [7, 11) is 0. The number of carbonyl (C=O) groups excluding carboxylic acids is 1. The summed E-state index contributed by atoms with van der Waals surface area (Å²) in [5, 5.41) is 7.95. The number of fused-ring (bicyclic) bond motifs is 1. The molecule has 2 heterocycles. The van der Waals surface area contributed by atoms with E-state index in [1.807, 2.05) is 32.0 Å². The van der Waals surface area contributed by atoms with Crippen molar-refractivity contribution in [3.8, 4) is 5.69 Å². The summed E-state index contributed by atoms with van der Waals surface area (Å²) in [6, 6.07) is 16.0. The minimum Gasteiger partial charge on any atom is -0.268 e. The van der Waals surface area contributed by atoms with Gasteiger partial charge in [-0.1, -0.05) is 29.8 Å². The van der Waals surface area contributed by atoms with E-state index in [2.05, 4.69) is 26.0 Å². The number of aryl methyl sites for hydroxylation is 2. The number of anilines is 1. The fourth-order valence-electron chi connectivity index (χ4n) is 3.10. The summed E-state index contributed by atoms with van der Waals surface area (Å²) in [5.41, 5.74) is 8.40. The molecule has 0 aliphatic carbocycles. The Morgan fingerprint density at radius 1 is 1.03 bits per heavy atom. The lowest BCUT2D eigenvalue weighted by atomic mass is 10.1. The molecule has 144 valence electrons. The predicted molar refractivity (Wildman–Crippen MR) is 110 cm³/mol. The number of amides is 1. The molecule has 0 unspecified atom stereocenters. The lowest BCUT2D eigenvalue weighted by Gasteiger charge is -2.17. The van der Waals surface area contributed by atoms with E-state index < -0.39 is 5.91 Å². The summed E-state index contributed by atoms with van der Waals surface area (Å²) in [6.45, 7) is 3.91. The number of hydrogen-bond acceptors (Lipinski definition) is 6. The largest absolute Gasteiger partial charge is 0.290 e. The minimum atomic E-state index is -0.493. The molecular weight excluding hydrogens is 368 g/mol. The van der Waals surface area contributed by atoms with Gasteiger partial charge in [0.1, 0.15) is 0 Å². The van der Waals surface area contributed by atoms with E-state index in [4.69, 9.17) is 0 Å². The lowest BCUT2D eigenvalue weighted by molar-refractivity contribution is 0.0956. The standard InChI is InChI=1S/C21H18N6O2/c1-13-9-10-18(14(2)12-13)27-20(29)15-6-3-4-7-16(15)23-21(27)26-25-19(28)17-8-5-11-22-24-17/h3-12H,1-2H3,(H,23,26)(H,25,28). The molecule has 2 aromatic carbocycles. The molecule has 1 amide bonds. The van der Waals surface area contributed by atoms with Crippen molar-refractivity contribution in [2.75, 3.05) is 5.43 Å². The topological polar surface area (TPSA) is 102 Å². The Labute approximate surface area is 166 Å². The van der Waals surface area contributed by atoms with Gasteiger partial charge in [0, 0.05) is 6.20 Å². The maximum Gasteiger partial charge on any atom is 0.290 e. The first-order valence-electron chi connectivity index (χ1n) is 8.98. The van der Waals surface area contributed by atoms with E-state index in [9.17, 15) is 9.59 Å². The van der Waals surface area contributed by atoms with E-state index in [0.29, 0.717) is 16.6 Å². The monoisotopic (exact) mass is 386 g/mol. The molecule has 0 saturated carbocycles. The zero-order valence-corrected chi connectivity index (χ0v) is 15.9. The first-order chi connectivity index (χ1) is 14.0. The molecule has 0 fully saturated rings. The number of nitrogens with zero attached hydrogens (tertiary/aromatic N) is 4. The molecule has 8 heteroatoms. The van der Waals surface area contributed by atoms with Crippen molar-refractivity contribution < 1.29 is 4.79 Å². The number of carbonyl (C=O) groups is 1. The van der Waals surface area contributed by atoms with Crippen molar-refractivity contribution >= 4 is 22.8 Å². The molecule has 4 aromatic rings. The fraction of sp³-hybridized carbons (Fsp3) is 0.0952. The Kier molecular flexibility index (Phi) is 4.74. The molecule has 0 atom stereocenters. The molecule has 0 aliphatic heterocycles. The molecule has 29 heavy (non-hydrogen) atoms. The van der Waals surface area contributed by atoms with Crippen LogP contribution >= 0.6 is 0 Å². The molecule has 4 rings (SSSR count). The second kappa shape index (κ2) is 7.51. The average Bonchev–Trinajstić information content (AvgIpc) is 2.73. The van der Waals surface area contributed by atoms with Crippen molar-refractivity contribution in [2.24, 2.45) is 0 Å². The van der Waals surface area contributed by atoms with Crippen LogP contribution in [-0.2, 0) is 0 Å². The van der Waals surface area contributed by atoms with Crippen LogP contribution in [-0.4, -0.2) is 25.7 Å². The van der Waals surface area contributed by atoms with Crippen molar-refractivity contribution in [3.05, 3.63) is 88.0 Å². The molecule has 0 radical (unpaired) electrons. The Morgan fingerprint density at radius 2 is 1.86 bits per heavy atom. The average molecular weight is 386 g/mol. The molecule has 2 N–H and O–H groups in total. The van der Waals surface area contributed by atoms with Gasteiger partial charge in [-0.05, 0) is 49.7 Å². The second-order valence-corrected chi connectivity index (χ2v) is 6.57. The molecule has 0 saturated heterocycles. The van der Waals surface area contributed by atoms with Crippen LogP contribution in [0.5, 0.6) is 0 Å². The van der Waals surface area contributed by atoms with Gasteiger partial charge >= 0.3 is 0 Å². The van der Waals surface area contributed by atoms with Gasteiger partial charge in [-0.3, -0.25) is 20.4 Å². The summed E-state index contributed by atoms with van der Waals surface area (Å²) in [4.78, 5) is 30.1. The zero-order valence-electron chi connectivity index (χ0n) is 15.9. The third-order valence-corrected chi connectivity index (χ3v) is 4.46. The summed E-state index contributed by atoms with van der Waals surface area (Å²) >= 11 is 0.